The van der Waals surface area contributed by atoms with Crippen molar-refractivity contribution in [3.05, 3.63) is 12.2 Å². The third-order valence-corrected chi connectivity index (χ3v) is 7.66. The van der Waals surface area contributed by atoms with Crippen LogP contribution in [-0.4, -0.2) is 59.0 Å². The Labute approximate surface area is 237 Å². The van der Waals surface area contributed by atoms with Crippen LogP contribution in [0.4, 0.5) is 0 Å². The maximum Gasteiger partial charge on any atom is 0.472 e. The van der Waals surface area contributed by atoms with Crippen molar-refractivity contribution >= 4 is 13.7 Å². The maximum atomic E-state index is 12.6. The third-order valence-electron chi connectivity index (χ3n) is 6.67. The Morgan fingerprint density at radius 1 is 0.846 bits per heavy atom. The third kappa shape index (κ3) is 24.7. The van der Waals surface area contributed by atoms with Gasteiger partial charge in [-0.3, -0.25) is 13.8 Å². The number of unbranched alkanes of at least 4 members (excludes halogenated alkanes) is 12. The molecule has 0 aromatic heterocycles. The zero-order valence-electron chi connectivity index (χ0n) is 24.7. The number of carbonyl (C=O) groups excluding carboxylic acids is 1. The van der Waals surface area contributed by atoms with E-state index < -0.39 is 32.0 Å². The van der Waals surface area contributed by atoms with Gasteiger partial charge in [-0.25, -0.2) is 4.57 Å². The molecule has 0 aliphatic heterocycles. The van der Waals surface area contributed by atoms with Crippen LogP contribution >= 0.6 is 7.82 Å². The lowest BCUT2D eigenvalue weighted by atomic mass is 10.0. The van der Waals surface area contributed by atoms with Crippen LogP contribution < -0.4 is 11.1 Å². The number of aliphatic hydroxyl groups excluding tert-OH is 2. The first-order valence-corrected chi connectivity index (χ1v) is 16.9. The molecule has 0 aliphatic rings. The molecule has 0 radical (unpaired) electrons. The average molecular weight is 579 g/mol. The van der Waals surface area contributed by atoms with E-state index >= 15 is 0 Å². The Hall–Kier alpha value is -0.800. The summed E-state index contributed by atoms with van der Waals surface area (Å²) in [7, 11) is -4.35. The summed E-state index contributed by atoms with van der Waals surface area (Å²) in [5, 5.41) is 23.7. The van der Waals surface area contributed by atoms with Crippen LogP contribution in [0, 0.1) is 0 Å². The molecule has 232 valence electrons. The van der Waals surface area contributed by atoms with Crippen molar-refractivity contribution in [3.63, 3.8) is 0 Å². The summed E-state index contributed by atoms with van der Waals surface area (Å²) in [6, 6.07) is -0.893. The summed E-state index contributed by atoms with van der Waals surface area (Å²) in [5.74, 6) is -0.430. The highest BCUT2D eigenvalue weighted by Crippen LogP contribution is 2.43. The summed E-state index contributed by atoms with van der Waals surface area (Å²) in [6.45, 7) is 3.90. The molecule has 0 aromatic carbocycles. The summed E-state index contributed by atoms with van der Waals surface area (Å²) in [4.78, 5) is 22.4. The minimum absolute atomic E-state index is 0.0581. The van der Waals surface area contributed by atoms with Crippen LogP contribution in [0.5, 0.6) is 0 Å². The van der Waals surface area contributed by atoms with Crippen molar-refractivity contribution in [2.75, 3.05) is 19.8 Å². The Balaban J connectivity index is 4.51. The summed E-state index contributed by atoms with van der Waals surface area (Å²) >= 11 is 0. The number of allylic oxidation sites excluding steroid dienone is 2. The fourth-order valence-electron chi connectivity index (χ4n) is 4.29. The predicted octanol–water partition coefficient (Wildman–Crippen LogP) is 5.90. The molecule has 0 fully saturated rings. The number of rotatable bonds is 28. The van der Waals surface area contributed by atoms with Crippen molar-refractivity contribution in [1.29, 1.82) is 0 Å². The highest BCUT2D eigenvalue weighted by Gasteiger charge is 2.28. The standard InChI is InChI=1S/C29H59N2O7P/c1-3-5-7-9-11-12-13-15-16-18-20-26(32)24-29(34)31-27(25-38-39(35,36)37-23-22-30)28(33)21-19-17-14-10-8-6-4-2/h11-12,26-28,32-33H,3-10,13-25,30H2,1-2H3,(H,31,34)(H,35,36)/b12-11-. The maximum absolute atomic E-state index is 12.6. The first-order chi connectivity index (χ1) is 18.8. The molecule has 0 heterocycles. The Bertz CT molecular complexity index is 651. The van der Waals surface area contributed by atoms with E-state index in [4.69, 9.17) is 14.8 Å². The number of amides is 1. The van der Waals surface area contributed by atoms with Crippen LogP contribution in [0.1, 0.15) is 129 Å². The van der Waals surface area contributed by atoms with Crippen LogP contribution in [-0.2, 0) is 18.4 Å². The van der Waals surface area contributed by atoms with Gasteiger partial charge in [0.2, 0.25) is 5.91 Å². The fraction of sp³-hybridized carbons (Fsp3) is 0.897. The van der Waals surface area contributed by atoms with E-state index in [-0.39, 0.29) is 26.2 Å². The van der Waals surface area contributed by atoms with E-state index in [0.29, 0.717) is 12.8 Å². The zero-order valence-corrected chi connectivity index (χ0v) is 25.6. The molecule has 0 saturated heterocycles. The summed E-state index contributed by atoms with van der Waals surface area (Å²) < 4.78 is 21.8. The van der Waals surface area contributed by atoms with Crippen molar-refractivity contribution < 1.29 is 33.5 Å². The second kappa shape index (κ2) is 26.1. The molecule has 4 unspecified atom stereocenters. The number of hydrogen-bond acceptors (Lipinski definition) is 7. The molecule has 9 nitrogen and oxygen atoms in total. The molecule has 0 bridgehead atoms. The van der Waals surface area contributed by atoms with E-state index in [0.717, 1.165) is 57.8 Å². The van der Waals surface area contributed by atoms with Gasteiger partial charge < -0.3 is 26.2 Å². The van der Waals surface area contributed by atoms with Crippen LogP contribution in [0.2, 0.25) is 0 Å². The molecule has 6 N–H and O–H groups in total. The van der Waals surface area contributed by atoms with Crippen molar-refractivity contribution in [1.82, 2.24) is 5.32 Å². The summed E-state index contributed by atoms with van der Waals surface area (Å²) in [5.41, 5.74) is 5.31. The van der Waals surface area contributed by atoms with E-state index in [1.807, 2.05) is 0 Å². The van der Waals surface area contributed by atoms with Crippen molar-refractivity contribution in [3.8, 4) is 0 Å². The number of aliphatic hydroxyl groups is 2. The second-order valence-corrected chi connectivity index (χ2v) is 12.0. The molecule has 0 aliphatic carbocycles. The van der Waals surface area contributed by atoms with Gasteiger partial charge in [-0.05, 0) is 38.5 Å². The van der Waals surface area contributed by atoms with E-state index in [1.165, 1.54) is 38.5 Å². The Morgan fingerprint density at radius 3 is 2.03 bits per heavy atom. The molecule has 39 heavy (non-hydrogen) atoms. The molecular weight excluding hydrogens is 519 g/mol. The lowest BCUT2D eigenvalue weighted by Crippen LogP contribution is -2.47. The topological polar surface area (TPSA) is 151 Å². The Kier molecular flexibility index (Phi) is 25.6. The van der Waals surface area contributed by atoms with E-state index in [1.54, 1.807) is 0 Å². The van der Waals surface area contributed by atoms with Gasteiger partial charge in [0, 0.05) is 6.54 Å². The van der Waals surface area contributed by atoms with Gasteiger partial charge in [0.15, 0.2) is 0 Å². The normalized spacial score (nSPS) is 15.7. The van der Waals surface area contributed by atoms with Crippen LogP contribution in [0.15, 0.2) is 12.2 Å². The number of nitrogens with two attached hydrogens (primary N) is 1. The molecule has 1 amide bonds. The van der Waals surface area contributed by atoms with Gasteiger partial charge in [-0.1, -0.05) is 96.6 Å². The zero-order chi connectivity index (χ0) is 29.2. The molecule has 0 saturated carbocycles. The van der Waals surface area contributed by atoms with Gasteiger partial charge >= 0.3 is 7.82 Å². The molecule has 10 heteroatoms. The lowest BCUT2D eigenvalue weighted by Gasteiger charge is -2.25. The van der Waals surface area contributed by atoms with Crippen LogP contribution in [0.3, 0.4) is 0 Å². The molecule has 4 atom stereocenters. The average Bonchev–Trinajstić information content (AvgIpc) is 2.90. The second-order valence-electron chi connectivity index (χ2n) is 10.5. The van der Waals surface area contributed by atoms with Gasteiger partial charge in [0.25, 0.3) is 0 Å². The smallest absolute Gasteiger partial charge is 0.393 e. The first kappa shape index (κ1) is 38.2. The highest BCUT2D eigenvalue weighted by atomic mass is 31.2. The predicted molar refractivity (Wildman–Crippen MR) is 158 cm³/mol. The van der Waals surface area contributed by atoms with Crippen LogP contribution in [0.25, 0.3) is 0 Å². The molecule has 0 spiro atoms. The Morgan fingerprint density at radius 2 is 1.38 bits per heavy atom. The number of hydrogen-bond donors (Lipinski definition) is 5. The number of phosphoric ester groups is 1. The quantitative estimate of drug-likeness (QED) is 0.0437. The molecular formula is C29H59N2O7P. The van der Waals surface area contributed by atoms with Gasteiger partial charge in [-0.2, -0.15) is 0 Å². The lowest BCUT2D eigenvalue weighted by molar-refractivity contribution is -0.125. The minimum Gasteiger partial charge on any atom is -0.393 e. The monoisotopic (exact) mass is 578 g/mol. The minimum atomic E-state index is -4.35. The largest absolute Gasteiger partial charge is 0.472 e. The number of nitrogens with one attached hydrogen (secondary N) is 1. The van der Waals surface area contributed by atoms with Crippen molar-refractivity contribution in [2.45, 2.75) is 148 Å². The fourth-order valence-corrected chi connectivity index (χ4v) is 5.05. The molecule has 0 rings (SSSR count). The van der Waals surface area contributed by atoms with E-state index in [2.05, 4.69) is 31.3 Å². The summed E-state index contributed by atoms with van der Waals surface area (Å²) in [6.07, 6.45) is 20.0. The number of phosphoric acid groups is 1. The van der Waals surface area contributed by atoms with E-state index in [9.17, 15) is 24.5 Å². The number of carbonyl (C=O) groups is 1. The van der Waals surface area contributed by atoms with Gasteiger partial charge in [0.1, 0.15) is 0 Å². The van der Waals surface area contributed by atoms with Gasteiger partial charge in [0.05, 0.1) is 37.9 Å². The first-order valence-electron chi connectivity index (χ1n) is 15.4. The van der Waals surface area contributed by atoms with Crippen molar-refractivity contribution in [2.24, 2.45) is 5.73 Å². The molecule has 0 aromatic rings. The highest BCUT2D eigenvalue weighted by molar-refractivity contribution is 7.47. The SMILES string of the molecule is CCCCC/C=C\CCCCCC(O)CC(=O)NC(COP(=O)(O)OCCN)C(O)CCCCCCCCC. The van der Waals surface area contributed by atoms with Gasteiger partial charge in [-0.15, -0.1) is 0 Å².